The lowest BCUT2D eigenvalue weighted by Gasteiger charge is -2.11. The highest BCUT2D eigenvalue weighted by molar-refractivity contribution is 5.94. The van der Waals surface area contributed by atoms with Gasteiger partial charge in [-0.2, -0.15) is 0 Å². The molecule has 0 heterocycles. The second-order valence-electron chi connectivity index (χ2n) is 3.67. The van der Waals surface area contributed by atoms with Crippen LogP contribution < -0.4 is 4.74 Å². The fraction of sp³-hybridized carbons (Fsp3) is 0.0714. The lowest BCUT2D eigenvalue weighted by Crippen LogP contribution is -2.02. The summed E-state index contributed by atoms with van der Waals surface area (Å²) in [6.45, 7) is 0. The molecule has 0 aliphatic rings. The highest BCUT2D eigenvalue weighted by Gasteiger charge is 2.17. The molecule has 92 valence electrons. The Labute approximate surface area is 103 Å². The SMILES string of the molecule is COc1c(C(=O)O)cccc1-c1ccccc1F. The largest absolute Gasteiger partial charge is 0.495 e. The molecule has 0 amide bonds. The maximum atomic E-state index is 13.7. The van der Waals surface area contributed by atoms with Crippen molar-refractivity contribution in [1.29, 1.82) is 0 Å². The van der Waals surface area contributed by atoms with Crippen molar-refractivity contribution in [2.75, 3.05) is 7.11 Å². The monoisotopic (exact) mass is 246 g/mol. The summed E-state index contributed by atoms with van der Waals surface area (Å²) in [6, 6.07) is 10.8. The topological polar surface area (TPSA) is 46.5 Å². The summed E-state index contributed by atoms with van der Waals surface area (Å²) in [5, 5.41) is 9.06. The van der Waals surface area contributed by atoms with Crippen molar-refractivity contribution in [3.05, 3.63) is 53.8 Å². The molecule has 0 fully saturated rings. The molecule has 2 aromatic rings. The molecule has 2 rings (SSSR count). The van der Waals surface area contributed by atoms with Gasteiger partial charge in [-0.05, 0) is 12.1 Å². The average molecular weight is 246 g/mol. The van der Waals surface area contributed by atoms with Gasteiger partial charge in [-0.15, -0.1) is 0 Å². The van der Waals surface area contributed by atoms with Crippen LogP contribution in [0.25, 0.3) is 11.1 Å². The van der Waals surface area contributed by atoms with Crippen molar-refractivity contribution in [3.8, 4) is 16.9 Å². The first-order chi connectivity index (χ1) is 8.65. The molecule has 0 radical (unpaired) electrons. The summed E-state index contributed by atoms with van der Waals surface area (Å²) in [5.74, 6) is -1.36. The Bertz CT molecular complexity index is 593. The molecule has 0 bridgehead atoms. The number of ether oxygens (including phenoxy) is 1. The third kappa shape index (κ3) is 2.05. The van der Waals surface area contributed by atoms with Crippen molar-refractivity contribution in [1.82, 2.24) is 0 Å². The third-order valence-electron chi connectivity index (χ3n) is 2.61. The molecule has 1 N–H and O–H groups in total. The van der Waals surface area contributed by atoms with Gasteiger partial charge in [0.25, 0.3) is 0 Å². The van der Waals surface area contributed by atoms with E-state index < -0.39 is 11.8 Å². The molecular weight excluding hydrogens is 235 g/mol. The molecule has 0 unspecified atom stereocenters. The van der Waals surface area contributed by atoms with Gasteiger partial charge in [-0.25, -0.2) is 9.18 Å². The number of carbonyl (C=O) groups is 1. The number of hydrogen-bond acceptors (Lipinski definition) is 2. The maximum Gasteiger partial charge on any atom is 0.339 e. The number of aromatic carboxylic acids is 1. The molecule has 0 aliphatic carbocycles. The van der Waals surface area contributed by atoms with Crippen LogP contribution in [0.15, 0.2) is 42.5 Å². The Morgan fingerprint density at radius 2 is 1.78 bits per heavy atom. The normalized spacial score (nSPS) is 10.1. The van der Waals surface area contributed by atoms with Crippen LogP contribution in [0.3, 0.4) is 0 Å². The van der Waals surface area contributed by atoms with Crippen LogP contribution in [0.4, 0.5) is 4.39 Å². The zero-order valence-corrected chi connectivity index (χ0v) is 9.68. The minimum absolute atomic E-state index is 0.0123. The highest BCUT2D eigenvalue weighted by Crippen LogP contribution is 2.34. The number of benzene rings is 2. The van der Waals surface area contributed by atoms with Crippen LogP contribution >= 0.6 is 0 Å². The summed E-state index contributed by atoms with van der Waals surface area (Å²) >= 11 is 0. The minimum atomic E-state index is -1.11. The van der Waals surface area contributed by atoms with E-state index >= 15 is 0 Å². The molecule has 0 aliphatic heterocycles. The molecule has 0 saturated heterocycles. The van der Waals surface area contributed by atoms with Crippen LogP contribution in [0.5, 0.6) is 5.75 Å². The van der Waals surface area contributed by atoms with Gasteiger partial charge >= 0.3 is 5.97 Å². The minimum Gasteiger partial charge on any atom is -0.495 e. The van der Waals surface area contributed by atoms with Gasteiger partial charge in [0.15, 0.2) is 0 Å². The zero-order valence-electron chi connectivity index (χ0n) is 9.68. The van der Waals surface area contributed by atoms with E-state index in [0.717, 1.165) is 0 Å². The van der Waals surface area contributed by atoms with Gasteiger partial charge < -0.3 is 9.84 Å². The molecule has 18 heavy (non-hydrogen) atoms. The molecule has 3 nitrogen and oxygen atoms in total. The lowest BCUT2D eigenvalue weighted by atomic mass is 10.0. The van der Waals surface area contributed by atoms with Crippen molar-refractivity contribution in [2.24, 2.45) is 0 Å². The molecule has 4 heteroatoms. The Kier molecular flexibility index (Phi) is 3.28. The molecule has 0 spiro atoms. The molecule has 2 aromatic carbocycles. The molecule has 0 aromatic heterocycles. The van der Waals surface area contributed by atoms with Crippen LogP contribution in [-0.4, -0.2) is 18.2 Å². The first-order valence-electron chi connectivity index (χ1n) is 5.30. The van der Waals surface area contributed by atoms with E-state index in [1.54, 1.807) is 30.3 Å². The van der Waals surface area contributed by atoms with Crippen molar-refractivity contribution >= 4 is 5.97 Å². The number of para-hydroxylation sites is 1. The number of carboxylic acid groups (broad SMARTS) is 1. The van der Waals surface area contributed by atoms with Crippen molar-refractivity contribution in [3.63, 3.8) is 0 Å². The lowest BCUT2D eigenvalue weighted by molar-refractivity contribution is 0.0693. The average Bonchev–Trinajstić information content (AvgIpc) is 2.38. The zero-order chi connectivity index (χ0) is 13.1. The van der Waals surface area contributed by atoms with Crippen LogP contribution in [0.2, 0.25) is 0 Å². The van der Waals surface area contributed by atoms with E-state index in [0.29, 0.717) is 11.1 Å². The first kappa shape index (κ1) is 12.1. The van der Waals surface area contributed by atoms with E-state index in [1.807, 2.05) is 0 Å². The fourth-order valence-electron chi connectivity index (χ4n) is 1.82. The van der Waals surface area contributed by atoms with E-state index in [-0.39, 0.29) is 11.3 Å². The quantitative estimate of drug-likeness (QED) is 0.904. The van der Waals surface area contributed by atoms with Gasteiger partial charge in [0.1, 0.15) is 17.1 Å². The Morgan fingerprint density at radius 3 is 2.39 bits per heavy atom. The predicted molar refractivity (Wildman–Crippen MR) is 65.3 cm³/mol. The Balaban J connectivity index is 2.69. The van der Waals surface area contributed by atoms with E-state index in [4.69, 9.17) is 9.84 Å². The van der Waals surface area contributed by atoms with Crippen molar-refractivity contribution < 1.29 is 19.0 Å². The Morgan fingerprint density at radius 1 is 1.11 bits per heavy atom. The first-order valence-corrected chi connectivity index (χ1v) is 5.30. The summed E-state index contributed by atoms with van der Waals surface area (Å²) in [5.41, 5.74) is 0.756. The number of carboxylic acids is 1. The van der Waals surface area contributed by atoms with Gasteiger partial charge in [0.2, 0.25) is 0 Å². The summed E-state index contributed by atoms with van der Waals surface area (Å²) in [4.78, 5) is 11.1. The highest BCUT2D eigenvalue weighted by atomic mass is 19.1. The van der Waals surface area contributed by atoms with E-state index in [2.05, 4.69) is 0 Å². The summed E-state index contributed by atoms with van der Waals surface area (Å²) < 4.78 is 18.8. The van der Waals surface area contributed by atoms with Crippen LogP contribution in [-0.2, 0) is 0 Å². The fourth-order valence-corrected chi connectivity index (χ4v) is 1.82. The van der Waals surface area contributed by atoms with Crippen molar-refractivity contribution in [2.45, 2.75) is 0 Å². The summed E-state index contributed by atoms with van der Waals surface area (Å²) in [7, 11) is 1.37. The number of hydrogen-bond donors (Lipinski definition) is 1. The van der Waals surface area contributed by atoms with Crippen LogP contribution in [0.1, 0.15) is 10.4 Å². The third-order valence-corrected chi connectivity index (χ3v) is 2.61. The van der Waals surface area contributed by atoms with Gasteiger partial charge in [0.05, 0.1) is 7.11 Å². The van der Waals surface area contributed by atoms with Crippen LogP contribution in [0, 0.1) is 5.82 Å². The Hall–Kier alpha value is -2.36. The second-order valence-corrected chi connectivity index (χ2v) is 3.67. The van der Waals surface area contributed by atoms with Gasteiger partial charge in [0, 0.05) is 11.1 Å². The smallest absolute Gasteiger partial charge is 0.339 e. The number of rotatable bonds is 3. The number of halogens is 1. The van der Waals surface area contributed by atoms with Gasteiger partial charge in [-0.1, -0.05) is 30.3 Å². The molecular formula is C14H11FO3. The summed E-state index contributed by atoms with van der Waals surface area (Å²) in [6.07, 6.45) is 0. The second kappa shape index (κ2) is 4.87. The predicted octanol–water partition coefficient (Wildman–Crippen LogP) is 3.20. The maximum absolute atomic E-state index is 13.7. The van der Waals surface area contributed by atoms with Gasteiger partial charge in [-0.3, -0.25) is 0 Å². The van der Waals surface area contributed by atoms with E-state index in [1.165, 1.54) is 19.2 Å². The number of methoxy groups -OCH3 is 1. The van der Waals surface area contributed by atoms with E-state index in [9.17, 15) is 9.18 Å². The molecule has 0 saturated carbocycles. The molecule has 0 atom stereocenters. The standard InChI is InChI=1S/C14H11FO3/c1-18-13-10(6-4-7-11(13)14(16)17)9-5-2-3-8-12(9)15/h2-8H,1H3,(H,16,17).